The molecule has 0 bridgehead atoms. The molecule has 3 amide bonds. The fraction of sp³-hybridized carbons (Fsp3) is 0.185. The average Bonchev–Trinajstić information content (AvgIpc) is 3.37. The van der Waals surface area contributed by atoms with Crippen molar-refractivity contribution in [1.29, 1.82) is 0 Å². The number of methoxy groups -OCH3 is 1. The van der Waals surface area contributed by atoms with Gasteiger partial charge in [0.1, 0.15) is 16.8 Å². The van der Waals surface area contributed by atoms with E-state index < -0.39 is 18.0 Å². The predicted molar refractivity (Wildman–Crippen MR) is 147 cm³/mol. The molecule has 4 rings (SSSR count). The van der Waals surface area contributed by atoms with Gasteiger partial charge < -0.3 is 20.3 Å². The van der Waals surface area contributed by atoms with Crippen molar-refractivity contribution in [3.8, 4) is 16.3 Å². The van der Waals surface area contributed by atoms with Crippen molar-refractivity contribution in [3.63, 3.8) is 0 Å². The lowest BCUT2D eigenvalue weighted by molar-refractivity contribution is -0.117. The number of anilines is 3. The molecule has 4 aromatic rings. The fourth-order valence-electron chi connectivity index (χ4n) is 3.57. The third-order valence-electron chi connectivity index (χ3n) is 5.52. The summed E-state index contributed by atoms with van der Waals surface area (Å²) in [5, 5.41) is 17.7. The van der Waals surface area contributed by atoms with Crippen molar-refractivity contribution in [3.05, 3.63) is 84.4 Å². The van der Waals surface area contributed by atoms with Gasteiger partial charge in [-0.25, -0.2) is 4.79 Å². The molecule has 0 saturated carbocycles. The summed E-state index contributed by atoms with van der Waals surface area (Å²) in [6, 6.07) is 23.0. The maximum Gasteiger partial charge on any atom is 0.319 e. The van der Waals surface area contributed by atoms with Crippen molar-refractivity contribution in [1.82, 2.24) is 15.5 Å². The van der Waals surface area contributed by atoms with Gasteiger partial charge in [-0.05, 0) is 42.0 Å². The van der Waals surface area contributed by atoms with Gasteiger partial charge >= 0.3 is 6.03 Å². The van der Waals surface area contributed by atoms with E-state index >= 15 is 0 Å². The van der Waals surface area contributed by atoms with Gasteiger partial charge in [-0.15, -0.1) is 10.2 Å². The molecule has 0 fully saturated rings. The molecule has 1 heterocycles. The van der Waals surface area contributed by atoms with Crippen molar-refractivity contribution in [2.45, 2.75) is 12.5 Å². The zero-order valence-corrected chi connectivity index (χ0v) is 21.6. The molecule has 0 aliphatic heterocycles. The lowest BCUT2D eigenvalue weighted by atomic mass is 10.1. The van der Waals surface area contributed by atoms with Gasteiger partial charge in [0.15, 0.2) is 0 Å². The van der Waals surface area contributed by atoms with E-state index in [1.807, 2.05) is 73.6 Å². The largest absolute Gasteiger partial charge is 0.497 e. The monoisotopic (exact) mass is 516 g/mol. The number of hydrogen-bond donors (Lipinski definition) is 3. The number of benzene rings is 3. The van der Waals surface area contributed by atoms with E-state index in [1.165, 1.54) is 11.3 Å². The van der Waals surface area contributed by atoms with Crippen LogP contribution in [0.3, 0.4) is 0 Å². The summed E-state index contributed by atoms with van der Waals surface area (Å²) < 4.78 is 5.20. The maximum absolute atomic E-state index is 13.2. The van der Waals surface area contributed by atoms with Gasteiger partial charge in [0.2, 0.25) is 11.0 Å². The minimum absolute atomic E-state index is 0.301. The van der Waals surface area contributed by atoms with Crippen LogP contribution in [-0.2, 0) is 11.2 Å². The van der Waals surface area contributed by atoms with E-state index in [2.05, 4.69) is 26.1 Å². The van der Waals surface area contributed by atoms with Crippen LogP contribution in [0.5, 0.6) is 5.75 Å². The molecule has 0 radical (unpaired) electrons. The summed E-state index contributed by atoms with van der Waals surface area (Å²) in [7, 11) is 5.51. The molecule has 0 spiro atoms. The second-order valence-electron chi connectivity index (χ2n) is 8.42. The van der Waals surface area contributed by atoms with Gasteiger partial charge in [-0.3, -0.25) is 10.1 Å². The number of amides is 3. The molecular weight excluding hydrogens is 488 g/mol. The zero-order valence-electron chi connectivity index (χ0n) is 20.8. The minimum atomic E-state index is -0.847. The third-order valence-corrected chi connectivity index (χ3v) is 6.41. The molecule has 0 unspecified atom stereocenters. The number of hydrogen-bond acceptors (Lipinski definition) is 7. The molecule has 3 N–H and O–H groups in total. The standard InChI is InChI=1S/C27H28N6O3S/c1-33(2)21-14-12-19(13-15-21)25-31-32-27(37-25)30-24(34)23(16-18-8-5-4-6-9-18)29-26(35)28-20-10-7-11-22(17-20)36-3/h4-15,17,23H,16H2,1-3H3,(H2,28,29,35)(H,30,32,34)/t23-/m1/s1. The highest BCUT2D eigenvalue weighted by Gasteiger charge is 2.23. The number of carbonyl (C=O) groups is 2. The predicted octanol–water partition coefficient (Wildman–Crippen LogP) is 4.65. The lowest BCUT2D eigenvalue weighted by Gasteiger charge is -2.18. The fourth-order valence-corrected chi connectivity index (χ4v) is 4.32. The van der Waals surface area contributed by atoms with Gasteiger partial charge in [-0.1, -0.05) is 47.7 Å². The summed E-state index contributed by atoms with van der Waals surface area (Å²) in [5.41, 5.74) is 3.43. The highest BCUT2D eigenvalue weighted by atomic mass is 32.1. The van der Waals surface area contributed by atoms with Crippen LogP contribution < -0.4 is 25.6 Å². The first kappa shape index (κ1) is 25.6. The van der Waals surface area contributed by atoms with Crippen LogP contribution in [0.15, 0.2) is 78.9 Å². The lowest BCUT2D eigenvalue weighted by Crippen LogP contribution is -2.46. The smallest absolute Gasteiger partial charge is 0.319 e. The van der Waals surface area contributed by atoms with Crippen LogP contribution in [0.1, 0.15) is 5.56 Å². The topological polar surface area (TPSA) is 108 Å². The first-order valence-corrected chi connectivity index (χ1v) is 12.4. The number of rotatable bonds is 9. The number of aromatic nitrogens is 2. The first-order chi connectivity index (χ1) is 17.9. The second-order valence-corrected chi connectivity index (χ2v) is 9.39. The van der Waals surface area contributed by atoms with E-state index in [9.17, 15) is 9.59 Å². The molecule has 0 saturated heterocycles. The van der Waals surface area contributed by atoms with Crippen molar-refractivity contribution in [2.75, 3.05) is 36.7 Å². The molecule has 37 heavy (non-hydrogen) atoms. The summed E-state index contributed by atoms with van der Waals surface area (Å²) in [5.74, 6) is 0.218. The zero-order chi connectivity index (χ0) is 26.2. The van der Waals surface area contributed by atoms with Crippen molar-refractivity contribution < 1.29 is 14.3 Å². The Labute approximate surface area is 219 Å². The Morgan fingerprint density at radius 2 is 1.70 bits per heavy atom. The Kier molecular flexibility index (Phi) is 8.32. The van der Waals surface area contributed by atoms with Crippen LogP contribution in [0.4, 0.5) is 21.3 Å². The van der Waals surface area contributed by atoms with Gasteiger partial charge in [0.05, 0.1) is 7.11 Å². The summed E-state index contributed by atoms with van der Waals surface area (Å²) in [6.07, 6.45) is 0.301. The second kappa shape index (κ2) is 12.0. The quantitative estimate of drug-likeness (QED) is 0.299. The highest BCUT2D eigenvalue weighted by Crippen LogP contribution is 2.28. The molecule has 1 atom stereocenters. The molecule has 10 heteroatoms. The van der Waals surface area contributed by atoms with E-state index in [-0.39, 0.29) is 0 Å². The molecule has 190 valence electrons. The van der Waals surface area contributed by atoms with Crippen LogP contribution >= 0.6 is 11.3 Å². The summed E-state index contributed by atoms with van der Waals surface area (Å²) in [6.45, 7) is 0. The van der Waals surface area contributed by atoms with Gasteiger partial charge in [-0.2, -0.15) is 0 Å². The molecule has 0 aliphatic carbocycles. The molecular formula is C27H28N6O3S. The number of nitrogens with one attached hydrogen (secondary N) is 3. The third kappa shape index (κ3) is 7.05. The maximum atomic E-state index is 13.2. The Balaban J connectivity index is 1.46. The molecule has 0 aliphatic rings. The van der Waals surface area contributed by atoms with Crippen LogP contribution in [-0.4, -0.2) is 49.4 Å². The highest BCUT2D eigenvalue weighted by molar-refractivity contribution is 7.18. The summed E-state index contributed by atoms with van der Waals surface area (Å²) >= 11 is 1.27. The van der Waals surface area contributed by atoms with E-state index in [4.69, 9.17) is 4.74 Å². The number of carbonyl (C=O) groups excluding carboxylic acids is 2. The number of urea groups is 1. The Morgan fingerprint density at radius 3 is 2.41 bits per heavy atom. The number of ether oxygens (including phenoxy) is 1. The molecule has 1 aromatic heterocycles. The minimum Gasteiger partial charge on any atom is -0.497 e. The van der Waals surface area contributed by atoms with Crippen LogP contribution in [0.25, 0.3) is 10.6 Å². The molecule has 9 nitrogen and oxygen atoms in total. The SMILES string of the molecule is COc1cccc(NC(=O)N[C@H](Cc2ccccc2)C(=O)Nc2nnc(-c3ccc(N(C)C)cc3)s2)c1. The van der Waals surface area contributed by atoms with Gasteiger partial charge in [0, 0.05) is 43.5 Å². The van der Waals surface area contributed by atoms with Crippen molar-refractivity contribution >= 4 is 39.8 Å². The van der Waals surface area contributed by atoms with E-state index in [0.717, 1.165) is 16.8 Å². The Bertz CT molecular complexity index is 1340. The van der Waals surface area contributed by atoms with E-state index in [1.54, 1.807) is 31.4 Å². The Morgan fingerprint density at radius 1 is 0.946 bits per heavy atom. The van der Waals surface area contributed by atoms with E-state index in [0.29, 0.717) is 28.0 Å². The first-order valence-electron chi connectivity index (χ1n) is 11.6. The van der Waals surface area contributed by atoms with Crippen molar-refractivity contribution in [2.24, 2.45) is 0 Å². The Hall–Kier alpha value is -4.44. The number of nitrogens with zero attached hydrogens (tertiary/aromatic N) is 3. The van der Waals surface area contributed by atoms with Gasteiger partial charge in [0.25, 0.3) is 0 Å². The summed E-state index contributed by atoms with van der Waals surface area (Å²) in [4.78, 5) is 28.0. The average molecular weight is 517 g/mol. The van der Waals surface area contributed by atoms with Crippen LogP contribution in [0, 0.1) is 0 Å². The van der Waals surface area contributed by atoms with Crippen LogP contribution in [0.2, 0.25) is 0 Å². The molecule has 3 aromatic carbocycles. The normalized spacial score (nSPS) is 11.3.